The van der Waals surface area contributed by atoms with E-state index in [4.69, 9.17) is 0 Å². The Hall–Kier alpha value is -4.61. The van der Waals surface area contributed by atoms with Crippen LogP contribution in [0.5, 0.6) is 0 Å². The molecule has 2 atom stereocenters. The molecule has 0 saturated carbocycles. The summed E-state index contributed by atoms with van der Waals surface area (Å²) in [5.74, 6) is -3.06. The quantitative estimate of drug-likeness (QED) is 0.101. The minimum absolute atomic E-state index is 0.00753. The number of nitrogens with one attached hydrogen (secondary N) is 5. The molecular weight excluding hydrogens is 664 g/mol. The third-order valence-corrected chi connectivity index (χ3v) is 8.70. The van der Waals surface area contributed by atoms with E-state index in [-0.39, 0.29) is 71.2 Å². The first-order valence-corrected chi connectivity index (χ1v) is 16.6. The van der Waals surface area contributed by atoms with Gasteiger partial charge < -0.3 is 57.0 Å². The Labute approximate surface area is 297 Å². The number of aliphatic hydroxyl groups is 5. The number of benzene rings is 2. The summed E-state index contributed by atoms with van der Waals surface area (Å²) in [6.45, 7) is 8.86. The van der Waals surface area contributed by atoms with Crippen LogP contribution in [0, 0.1) is 41.5 Å². The van der Waals surface area contributed by atoms with Crippen LogP contribution < -0.4 is 26.6 Å². The molecule has 2 unspecified atom stereocenters. The van der Waals surface area contributed by atoms with Gasteiger partial charge in [-0.3, -0.25) is 24.0 Å². The molecule has 10 N–H and O–H groups in total. The smallest absolute Gasteiger partial charge is 0.254 e. The molecule has 16 heteroatoms. The number of nitrogens with zero attached hydrogens (tertiary/aromatic N) is 1. The van der Waals surface area contributed by atoms with E-state index < -0.39 is 55.7 Å². The van der Waals surface area contributed by atoms with E-state index in [2.05, 4.69) is 26.6 Å². The number of hydrogen-bond acceptors (Lipinski definition) is 11. The van der Waals surface area contributed by atoms with Crippen molar-refractivity contribution in [3.05, 3.63) is 55.6 Å². The van der Waals surface area contributed by atoms with Gasteiger partial charge in [-0.05, 0) is 81.8 Å². The number of amides is 5. The SMILES string of the molecule is CCNC(=O)c1c(C)c(NC)c(C)c(C(=O)NCCN(CC(O)CO)C(=O)c2c(C)c(NC(=O)CO)c(C)c(C(=O)NCC(O)CO)c2C)c1C. The van der Waals surface area contributed by atoms with Gasteiger partial charge in [0.15, 0.2) is 0 Å². The highest BCUT2D eigenvalue weighted by Crippen LogP contribution is 2.33. The van der Waals surface area contributed by atoms with Crippen LogP contribution in [0.25, 0.3) is 0 Å². The van der Waals surface area contributed by atoms with Gasteiger partial charge in [0, 0.05) is 73.4 Å². The fourth-order valence-corrected chi connectivity index (χ4v) is 6.27. The summed E-state index contributed by atoms with van der Waals surface area (Å²) in [7, 11) is 1.69. The minimum atomic E-state index is -1.37. The van der Waals surface area contributed by atoms with Gasteiger partial charge in [0.25, 0.3) is 23.6 Å². The lowest BCUT2D eigenvalue weighted by molar-refractivity contribution is -0.118. The summed E-state index contributed by atoms with van der Waals surface area (Å²) in [4.78, 5) is 67.8. The molecule has 2 aromatic carbocycles. The molecule has 0 aliphatic rings. The molecule has 0 heterocycles. The van der Waals surface area contributed by atoms with Crippen LogP contribution in [0.1, 0.15) is 81.7 Å². The van der Waals surface area contributed by atoms with Gasteiger partial charge >= 0.3 is 0 Å². The van der Waals surface area contributed by atoms with E-state index in [1.54, 1.807) is 34.7 Å². The summed E-state index contributed by atoms with van der Waals surface area (Å²) >= 11 is 0. The van der Waals surface area contributed by atoms with Crippen LogP contribution in [0.2, 0.25) is 0 Å². The summed E-state index contributed by atoms with van der Waals surface area (Å²) in [6, 6.07) is 0. The number of aliphatic hydroxyl groups excluding tert-OH is 5. The number of carbonyl (C=O) groups excluding carboxylic acids is 5. The van der Waals surface area contributed by atoms with Crippen molar-refractivity contribution in [1.29, 1.82) is 0 Å². The van der Waals surface area contributed by atoms with Crippen LogP contribution in [0.4, 0.5) is 11.4 Å². The molecule has 0 aromatic heterocycles. The Morgan fingerprint density at radius 1 is 0.647 bits per heavy atom. The maximum Gasteiger partial charge on any atom is 0.254 e. The molecule has 282 valence electrons. The molecular formula is C35H52N6O10. The summed E-state index contributed by atoms with van der Waals surface area (Å²) in [6.07, 6.45) is -2.62. The third-order valence-electron chi connectivity index (χ3n) is 8.70. The Balaban J connectivity index is 2.59. The zero-order valence-electron chi connectivity index (χ0n) is 30.5. The van der Waals surface area contributed by atoms with Crippen LogP contribution in [0.3, 0.4) is 0 Å². The Morgan fingerprint density at radius 3 is 1.61 bits per heavy atom. The molecule has 0 radical (unpaired) electrons. The van der Waals surface area contributed by atoms with E-state index in [1.807, 2.05) is 0 Å². The zero-order chi connectivity index (χ0) is 38.7. The third kappa shape index (κ3) is 9.80. The second kappa shape index (κ2) is 19.1. The molecule has 0 aliphatic heterocycles. The lowest BCUT2D eigenvalue weighted by atomic mass is 9.89. The molecule has 16 nitrogen and oxygen atoms in total. The molecule has 0 fully saturated rings. The average molecular weight is 717 g/mol. The van der Waals surface area contributed by atoms with Crippen molar-refractivity contribution in [1.82, 2.24) is 20.9 Å². The topological polar surface area (TPSA) is 250 Å². The van der Waals surface area contributed by atoms with E-state index in [1.165, 1.54) is 25.7 Å². The van der Waals surface area contributed by atoms with Crippen LogP contribution in [0.15, 0.2) is 0 Å². The number of anilines is 2. The molecule has 2 rings (SSSR count). The van der Waals surface area contributed by atoms with Crippen molar-refractivity contribution in [3.8, 4) is 0 Å². The number of carbonyl (C=O) groups is 5. The largest absolute Gasteiger partial charge is 0.394 e. The van der Waals surface area contributed by atoms with E-state index in [0.717, 1.165) is 0 Å². The summed E-state index contributed by atoms with van der Waals surface area (Å²) < 4.78 is 0. The normalized spacial score (nSPS) is 12.1. The Kier molecular flexibility index (Phi) is 16.0. The van der Waals surface area contributed by atoms with Crippen molar-refractivity contribution >= 4 is 40.9 Å². The molecule has 0 saturated heterocycles. The van der Waals surface area contributed by atoms with Crippen molar-refractivity contribution in [2.75, 3.05) is 70.2 Å². The molecule has 2 aromatic rings. The van der Waals surface area contributed by atoms with E-state index in [0.29, 0.717) is 34.5 Å². The second-order valence-corrected chi connectivity index (χ2v) is 12.2. The Bertz CT molecular complexity index is 1640. The summed E-state index contributed by atoms with van der Waals surface area (Å²) in [5, 5.41) is 62.1. The van der Waals surface area contributed by atoms with E-state index >= 15 is 0 Å². The highest BCUT2D eigenvalue weighted by molar-refractivity contribution is 6.08. The van der Waals surface area contributed by atoms with Gasteiger partial charge in [0.1, 0.15) is 6.61 Å². The monoisotopic (exact) mass is 716 g/mol. The first-order valence-electron chi connectivity index (χ1n) is 16.6. The van der Waals surface area contributed by atoms with Gasteiger partial charge in [-0.15, -0.1) is 0 Å². The molecule has 0 aliphatic carbocycles. The predicted octanol–water partition coefficient (Wildman–Crippen LogP) is -0.432. The fraction of sp³-hybridized carbons (Fsp3) is 0.514. The van der Waals surface area contributed by atoms with Crippen molar-refractivity contribution in [2.24, 2.45) is 0 Å². The first-order chi connectivity index (χ1) is 24.0. The number of hydrogen-bond donors (Lipinski definition) is 10. The van der Waals surface area contributed by atoms with Crippen LogP contribution in [-0.4, -0.2) is 132 Å². The van der Waals surface area contributed by atoms with Crippen molar-refractivity contribution in [3.63, 3.8) is 0 Å². The fourth-order valence-electron chi connectivity index (χ4n) is 6.27. The maximum atomic E-state index is 14.3. The van der Waals surface area contributed by atoms with Gasteiger partial charge in [-0.1, -0.05) is 0 Å². The number of rotatable bonds is 17. The molecule has 5 amide bonds. The van der Waals surface area contributed by atoms with Gasteiger partial charge in [0.2, 0.25) is 5.91 Å². The Morgan fingerprint density at radius 2 is 1.12 bits per heavy atom. The molecule has 51 heavy (non-hydrogen) atoms. The van der Waals surface area contributed by atoms with Crippen LogP contribution >= 0.6 is 0 Å². The average Bonchev–Trinajstić information content (AvgIpc) is 3.08. The summed E-state index contributed by atoms with van der Waals surface area (Å²) in [5.41, 5.74) is 3.79. The predicted molar refractivity (Wildman–Crippen MR) is 191 cm³/mol. The second-order valence-electron chi connectivity index (χ2n) is 12.2. The van der Waals surface area contributed by atoms with Gasteiger partial charge in [-0.25, -0.2) is 0 Å². The van der Waals surface area contributed by atoms with Gasteiger partial charge in [0.05, 0.1) is 25.4 Å². The standard InChI is InChI=1S/C35H52N6O10/c1-9-37-32(48)26-17(2)27(20(5)30(36-8)19(26)4)33(49)38-10-11-41(13-24(46)15-43)35(51)29-18(3)28(34(50)39-12-23(45)14-42)21(6)31(22(29)7)40-25(47)16-44/h23-24,36,42-46H,9-16H2,1-8H3,(H,37,48)(H,38,49)(H,39,50)(H,40,47). The first kappa shape index (κ1) is 42.6. The lowest BCUT2D eigenvalue weighted by Gasteiger charge is -2.29. The minimum Gasteiger partial charge on any atom is -0.394 e. The molecule has 0 spiro atoms. The van der Waals surface area contributed by atoms with Gasteiger partial charge in [-0.2, -0.15) is 0 Å². The van der Waals surface area contributed by atoms with Crippen molar-refractivity contribution in [2.45, 2.75) is 60.7 Å². The lowest BCUT2D eigenvalue weighted by Crippen LogP contribution is -2.44. The highest BCUT2D eigenvalue weighted by atomic mass is 16.3. The highest BCUT2D eigenvalue weighted by Gasteiger charge is 2.30. The van der Waals surface area contributed by atoms with E-state index in [9.17, 15) is 49.5 Å². The zero-order valence-corrected chi connectivity index (χ0v) is 30.5. The molecule has 0 bridgehead atoms. The van der Waals surface area contributed by atoms with Crippen LogP contribution in [-0.2, 0) is 4.79 Å². The van der Waals surface area contributed by atoms with Crippen molar-refractivity contribution < 1.29 is 49.5 Å². The maximum absolute atomic E-state index is 14.3.